The normalized spacial score (nSPS) is 10.6. The van der Waals surface area contributed by atoms with Gasteiger partial charge in [0.25, 0.3) is 5.56 Å². The third-order valence-corrected chi connectivity index (χ3v) is 3.90. The van der Waals surface area contributed by atoms with Gasteiger partial charge in [-0.1, -0.05) is 23.7 Å². The average molecular weight is 283 g/mol. The van der Waals surface area contributed by atoms with Crippen LogP contribution in [0, 0.1) is 6.92 Å². The first-order chi connectivity index (χ1) is 8.58. The number of nitrogens with one attached hydrogen (secondary N) is 1. The van der Waals surface area contributed by atoms with E-state index in [9.17, 15) is 9.90 Å². The van der Waals surface area contributed by atoms with E-state index < -0.39 is 0 Å². The standard InChI is InChI=1S/C12H11ClN2O2S/c1-7-11(16)14-10(15-12(7)17)6-18-9-5-3-2-4-8(9)13/h2-5H,6H2,1H3,(H2,14,15,16,17). The van der Waals surface area contributed by atoms with Crippen molar-refractivity contribution in [1.82, 2.24) is 9.97 Å². The van der Waals surface area contributed by atoms with E-state index in [2.05, 4.69) is 9.97 Å². The third-order valence-electron chi connectivity index (χ3n) is 2.38. The maximum absolute atomic E-state index is 11.4. The molecule has 2 N–H and O–H groups in total. The third kappa shape index (κ3) is 2.86. The molecular weight excluding hydrogens is 272 g/mol. The summed E-state index contributed by atoms with van der Waals surface area (Å²) in [5, 5.41) is 10.1. The van der Waals surface area contributed by atoms with Crippen LogP contribution in [-0.2, 0) is 5.75 Å². The van der Waals surface area contributed by atoms with Gasteiger partial charge < -0.3 is 10.1 Å². The fourth-order valence-electron chi connectivity index (χ4n) is 1.34. The van der Waals surface area contributed by atoms with E-state index in [1.807, 2.05) is 18.2 Å². The minimum atomic E-state index is -0.322. The highest BCUT2D eigenvalue weighted by Crippen LogP contribution is 2.28. The minimum absolute atomic E-state index is 0.224. The van der Waals surface area contributed by atoms with Gasteiger partial charge >= 0.3 is 0 Å². The van der Waals surface area contributed by atoms with Crippen molar-refractivity contribution in [2.45, 2.75) is 17.6 Å². The van der Waals surface area contributed by atoms with Crippen molar-refractivity contribution >= 4 is 23.4 Å². The number of rotatable bonds is 3. The summed E-state index contributed by atoms with van der Waals surface area (Å²) in [6.07, 6.45) is 0. The lowest BCUT2D eigenvalue weighted by atomic mass is 10.3. The molecule has 0 bridgehead atoms. The average Bonchev–Trinajstić information content (AvgIpc) is 2.35. The van der Waals surface area contributed by atoms with Crippen LogP contribution in [0.15, 0.2) is 34.0 Å². The lowest BCUT2D eigenvalue weighted by Gasteiger charge is -2.04. The van der Waals surface area contributed by atoms with E-state index in [4.69, 9.17) is 11.6 Å². The predicted molar refractivity (Wildman–Crippen MR) is 72.3 cm³/mol. The van der Waals surface area contributed by atoms with Crippen molar-refractivity contribution in [2.24, 2.45) is 0 Å². The van der Waals surface area contributed by atoms with Crippen molar-refractivity contribution in [1.29, 1.82) is 0 Å². The molecule has 1 aromatic carbocycles. The molecule has 0 amide bonds. The summed E-state index contributed by atoms with van der Waals surface area (Å²) in [4.78, 5) is 18.9. The molecule has 0 atom stereocenters. The summed E-state index contributed by atoms with van der Waals surface area (Å²) in [6, 6.07) is 7.42. The number of benzene rings is 1. The van der Waals surface area contributed by atoms with Crippen LogP contribution >= 0.6 is 23.4 Å². The van der Waals surface area contributed by atoms with Gasteiger partial charge in [-0.05, 0) is 19.1 Å². The van der Waals surface area contributed by atoms with Crippen molar-refractivity contribution in [3.8, 4) is 5.88 Å². The summed E-state index contributed by atoms with van der Waals surface area (Å²) in [5.74, 6) is 0.633. The van der Waals surface area contributed by atoms with E-state index in [1.54, 1.807) is 6.07 Å². The van der Waals surface area contributed by atoms with Crippen LogP contribution in [0.3, 0.4) is 0 Å². The zero-order chi connectivity index (χ0) is 13.1. The smallest absolute Gasteiger partial charge is 0.257 e. The van der Waals surface area contributed by atoms with Crippen molar-refractivity contribution in [3.05, 3.63) is 51.0 Å². The van der Waals surface area contributed by atoms with Gasteiger partial charge in [-0.15, -0.1) is 11.8 Å². The SMILES string of the molecule is Cc1c(O)nc(CSc2ccccc2Cl)[nH]c1=O. The van der Waals surface area contributed by atoms with Crippen molar-refractivity contribution < 1.29 is 5.11 Å². The highest BCUT2D eigenvalue weighted by atomic mass is 35.5. The molecular formula is C12H11ClN2O2S. The van der Waals surface area contributed by atoms with Crippen LogP contribution < -0.4 is 5.56 Å². The van der Waals surface area contributed by atoms with Gasteiger partial charge in [-0.25, -0.2) is 0 Å². The first-order valence-corrected chi connectivity index (χ1v) is 6.60. The van der Waals surface area contributed by atoms with E-state index in [0.29, 0.717) is 16.6 Å². The number of thioether (sulfide) groups is 1. The Kier molecular flexibility index (Phi) is 3.93. The Balaban J connectivity index is 2.17. The summed E-state index contributed by atoms with van der Waals surface area (Å²) >= 11 is 7.46. The second-order valence-electron chi connectivity index (χ2n) is 3.68. The number of aromatic hydroxyl groups is 1. The zero-order valence-electron chi connectivity index (χ0n) is 9.61. The molecule has 0 aliphatic carbocycles. The number of H-pyrrole nitrogens is 1. The predicted octanol–water partition coefficient (Wildman–Crippen LogP) is 2.73. The molecule has 0 aliphatic rings. The quantitative estimate of drug-likeness (QED) is 0.850. The first kappa shape index (κ1) is 13.0. The Hall–Kier alpha value is -1.46. The Morgan fingerprint density at radius 2 is 2.17 bits per heavy atom. The molecule has 2 aromatic rings. The second kappa shape index (κ2) is 5.46. The molecule has 0 aliphatic heterocycles. The fraction of sp³-hybridized carbons (Fsp3) is 0.167. The number of hydrogen-bond donors (Lipinski definition) is 2. The minimum Gasteiger partial charge on any atom is -0.493 e. The molecule has 1 heterocycles. The van der Waals surface area contributed by atoms with Crippen LogP contribution in [0.25, 0.3) is 0 Å². The summed E-state index contributed by atoms with van der Waals surface area (Å²) in [5.41, 5.74) is -0.0984. The number of aromatic amines is 1. The molecule has 0 saturated heterocycles. The number of aromatic nitrogens is 2. The van der Waals surface area contributed by atoms with E-state index in [-0.39, 0.29) is 17.0 Å². The van der Waals surface area contributed by atoms with Gasteiger partial charge in [0.2, 0.25) is 5.88 Å². The lowest BCUT2D eigenvalue weighted by molar-refractivity contribution is 0.444. The molecule has 0 saturated carbocycles. The van der Waals surface area contributed by atoms with E-state index in [1.165, 1.54) is 18.7 Å². The summed E-state index contributed by atoms with van der Waals surface area (Å²) in [6.45, 7) is 1.52. The van der Waals surface area contributed by atoms with Gasteiger partial charge in [-0.3, -0.25) is 4.79 Å². The number of hydrogen-bond acceptors (Lipinski definition) is 4. The Bertz CT molecular complexity index is 628. The highest BCUT2D eigenvalue weighted by molar-refractivity contribution is 7.98. The van der Waals surface area contributed by atoms with Gasteiger partial charge in [0.15, 0.2) is 0 Å². The maximum Gasteiger partial charge on any atom is 0.257 e. The summed E-state index contributed by atoms with van der Waals surface area (Å²) < 4.78 is 0. The van der Waals surface area contributed by atoms with Crippen LogP contribution in [0.5, 0.6) is 5.88 Å². The lowest BCUT2D eigenvalue weighted by Crippen LogP contribution is -2.13. The van der Waals surface area contributed by atoms with Crippen LogP contribution in [0.4, 0.5) is 0 Å². The monoisotopic (exact) mass is 282 g/mol. The summed E-state index contributed by atoms with van der Waals surface area (Å²) in [7, 11) is 0. The molecule has 6 heteroatoms. The van der Waals surface area contributed by atoms with E-state index in [0.717, 1.165) is 4.90 Å². The van der Waals surface area contributed by atoms with Gasteiger partial charge in [0, 0.05) is 4.90 Å². The van der Waals surface area contributed by atoms with Crippen LogP contribution in [0.2, 0.25) is 5.02 Å². The largest absolute Gasteiger partial charge is 0.493 e. The fourth-order valence-corrected chi connectivity index (χ4v) is 2.45. The van der Waals surface area contributed by atoms with Crippen LogP contribution in [-0.4, -0.2) is 15.1 Å². The molecule has 0 unspecified atom stereocenters. The molecule has 0 radical (unpaired) electrons. The molecule has 0 spiro atoms. The Morgan fingerprint density at radius 3 is 2.83 bits per heavy atom. The molecule has 1 aromatic heterocycles. The number of nitrogens with zero attached hydrogens (tertiary/aromatic N) is 1. The topological polar surface area (TPSA) is 66.0 Å². The maximum atomic E-state index is 11.4. The number of halogens is 1. The van der Waals surface area contributed by atoms with Crippen molar-refractivity contribution in [2.75, 3.05) is 0 Å². The second-order valence-corrected chi connectivity index (χ2v) is 5.10. The molecule has 18 heavy (non-hydrogen) atoms. The van der Waals surface area contributed by atoms with E-state index >= 15 is 0 Å². The van der Waals surface area contributed by atoms with Gasteiger partial charge in [0.1, 0.15) is 5.82 Å². The molecule has 2 rings (SSSR count). The highest BCUT2D eigenvalue weighted by Gasteiger charge is 2.07. The van der Waals surface area contributed by atoms with Gasteiger partial charge in [-0.2, -0.15) is 4.98 Å². The Labute approximate surface area is 113 Å². The molecule has 4 nitrogen and oxygen atoms in total. The zero-order valence-corrected chi connectivity index (χ0v) is 11.2. The molecule has 0 fully saturated rings. The van der Waals surface area contributed by atoms with Crippen LogP contribution in [0.1, 0.15) is 11.4 Å². The van der Waals surface area contributed by atoms with Crippen molar-refractivity contribution in [3.63, 3.8) is 0 Å². The first-order valence-electron chi connectivity index (χ1n) is 5.24. The molecule has 94 valence electrons. The Morgan fingerprint density at radius 1 is 1.44 bits per heavy atom. The van der Waals surface area contributed by atoms with Gasteiger partial charge in [0.05, 0.1) is 16.3 Å².